The maximum absolute atomic E-state index is 15.0. The van der Waals surface area contributed by atoms with Gasteiger partial charge in [0.1, 0.15) is 0 Å². The maximum Gasteiger partial charge on any atom is 0.443 e. The summed E-state index contributed by atoms with van der Waals surface area (Å²) in [5.41, 5.74) is 6.86. The minimum atomic E-state index is -3.92. The number of hydrogen-bond donors (Lipinski definition) is 0. The Morgan fingerprint density at radius 2 is 0.489 bits per heavy atom. The van der Waals surface area contributed by atoms with Crippen LogP contribution in [0.1, 0.15) is 50.0 Å². The molecule has 6 aromatic rings. The first-order valence-electron chi connectivity index (χ1n) is 16.0. The molecule has 0 saturated carbocycles. The van der Waals surface area contributed by atoms with Gasteiger partial charge in [0.15, 0.2) is 29.3 Å². The predicted octanol–water partition coefficient (Wildman–Crippen LogP) is 7.76. The summed E-state index contributed by atoms with van der Waals surface area (Å²) in [5, 5.41) is 0. The lowest BCUT2D eigenvalue weighted by Gasteiger charge is -2.27. The number of phosphoric acid groups is 1. The minimum Gasteiger partial charge on any atom is -0.338 e. The first-order chi connectivity index (χ1) is 23.2. The molecular weight excluding hydrogens is 648 g/mol. The minimum absolute atomic E-state index is 0.000606. The van der Waals surface area contributed by atoms with Gasteiger partial charge in [0.05, 0.1) is 0 Å². The second-order valence-corrected chi connectivity index (χ2v) is 18.9. The van der Waals surface area contributed by atoms with E-state index in [9.17, 15) is 4.57 Å². The van der Waals surface area contributed by atoms with Gasteiger partial charge in [0, 0.05) is 16.6 Å². The Morgan fingerprint density at radius 1 is 0.319 bits per heavy atom. The van der Waals surface area contributed by atoms with Gasteiger partial charge in [-0.2, -0.15) is 0 Å². The molecule has 6 aromatic carbocycles. The fourth-order valence-corrected chi connectivity index (χ4v) is 15.6. The first-order valence-corrected chi connectivity index (χ1v) is 21.7. The number of benzene rings is 6. The van der Waals surface area contributed by atoms with E-state index < -0.39 is 37.1 Å². The van der Waals surface area contributed by atoms with Crippen LogP contribution in [0.3, 0.4) is 0 Å². The van der Waals surface area contributed by atoms with E-state index in [1.54, 1.807) is 0 Å². The van der Waals surface area contributed by atoms with Gasteiger partial charge in [-0.25, -0.2) is 4.57 Å². The molecule has 0 radical (unpaired) electrons. The van der Waals surface area contributed by atoms with Gasteiger partial charge in [0.2, 0.25) is 0 Å². The quantitative estimate of drug-likeness (QED) is 0.0819. The van der Waals surface area contributed by atoms with Gasteiger partial charge in [-0.3, -0.25) is 0 Å². The Morgan fingerprint density at radius 3 is 0.660 bits per heavy atom. The molecule has 0 atom stereocenters. The van der Waals surface area contributed by atoms with Crippen LogP contribution < -0.4 is 0 Å². The lowest BCUT2D eigenvalue weighted by molar-refractivity contribution is 0.311. The molecule has 0 aliphatic carbocycles. The van der Waals surface area contributed by atoms with E-state index in [2.05, 4.69) is 72.8 Å². The molecule has 236 valence electrons. The van der Waals surface area contributed by atoms with E-state index in [4.69, 9.17) is 12.6 Å². The highest BCUT2D eigenvalue weighted by Gasteiger charge is 2.32. The van der Waals surface area contributed by atoms with E-state index in [0.717, 1.165) is 33.4 Å². The Kier molecular flexibility index (Phi) is 11.8. The average Bonchev–Trinajstić information content (AvgIpc) is 3.15. The van der Waals surface area contributed by atoms with Crippen molar-refractivity contribution in [3.63, 3.8) is 0 Å². The molecule has 0 bridgehead atoms. The summed E-state index contributed by atoms with van der Waals surface area (Å²) in [6.07, 6.45) is 0. The largest absolute Gasteiger partial charge is 0.443 e. The molecule has 0 N–H and O–H groups in total. The molecule has 0 spiro atoms. The van der Waals surface area contributed by atoms with Crippen LogP contribution in [0.4, 0.5) is 0 Å². The van der Waals surface area contributed by atoms with Crippen LogP contribution in [0.2, 0.25) is 0 Å². The van der Waals surface area contributed by atoms with E-state index in [1.807, 2.05) is 109 Å². The Hall–Kier alpha value is -3.92. The fraction of sp³-hybridized carbons (Fsp3) is 0.0769. The van der Waals surface area contributed by atoms with Crippen molar-refractivity contribution in [2.75, 3.05) is 0 Å². The zero-order valence-corrected chi connectivity index (χ0v) is 31.4. The molecule has 47 heavy (non-hydrogen) atoms. The van der Waals surface area contributed by atoms with E-state index in [1.165, 1.54) is 0 Å². The fourth-order valence-electron chi connectivity index (χ4n) is 5.88. The third kappa shape index (κ3) is 9.12. The Labute approximate surface area is 285 Å². The van der Waals surface area contributed by atoms with Gasteiger partial charge in [0.25, 0.3) is 0 Å². The van der Waals surface area contributed by atoms with Gasteiger partial charge < -0.3 is 12.6 Å². The maximum atomic E-state index is 15.0. The van der Waals surface area contributed by atoms with Crippen LogP contribution >= 0.6 is 7.82 Å². The van der Waals surface area contributed by atoms with E-state index >= 15 is 0 Å². The highest BCUT2D eigenvalue weighted by atomic mass is 31.2. The summed E-state index contributed by atoms with van der Waals surface area (Å²) in [5.74, 6) is 0. The summed E-state index contributed by atoms with van der Waals surface area (Å²) in [4.78, 5) is 0. The SMILES string of the molecule is O=P(O[SiH2]C(c1ccccc1)c1ccccc1)(O[SiH2]C(c1ccccc1)c1ccccc1)O[SiH2]C(c1ccccc1)c1ccccc1. The standard InChI is InChI=1S/C39H39O4PSi3/c40-44(41-45-37(31-19-7-1-8-20-31)32-21-9-2-10-22-32,42-46-38(33-23-11-3-12-24-33)34-25-13-4-14-26-34)43-47-39(35-27-15-5-16-28-35)36-29-17-6-18-30-36/h1-30,37-39H,45-47H2. The lowest BCUT2D eigenvalue weighted by atomic mass is 10.0. The van der Waals surface area contributed by atoms with E-state index in [0.29, 0.717) is 0 Å². The van der Waals surface area contributed by atoms with Crippen molar-refractivity contribution in [3.05, 3.63) is 215 Å². The number of rotatable bonds is 15. The topological polar surface area (TPSA) is 44.8 Å². The van der Waals surface area contributed by atoms with Crippen molar-refractivity contribution in [1.29, 1.82) is 0 Å². The van der Waals surface area contributed by atoms with E-state index in [-0.39, 0.29) is 16.6 Å². The molecule has 0 unspecified atom stereocenters. The van der Waals surface area contributed by atoms with Crippen LogP contribution in [0.25, 0.3) is 0 Å². The molecule has 6 rings (SSSR count). The van der Waals surface area contributed by atoms with Crippen molar-refractivity contribution >= 4 is 37.1 Å². The molecule has 0 fully saturated rings. The molecule has 0 saturated heterocycles. The van der Waals surface area contributed by atoms with Crippen molar-refractivity contribution < 1.29 is 17.2 Å². The molecule has 0 aliphatic heterocycles. The smallest absolute Gasteiger partial charge is 0.338 e. The predicted molar refractivity (Wildman–Crippen MR) is 201 cm³/mol. The molecule has 8 heteroatoms. The normalized spacial score (nSPS) is 13.5. The second kappa shape index (κ2) is 16.8. The first kappa shape index (κ1) is 33.0. The van der Waals surface area contributed by atoms with Gasteiger partial charge in [-0.1, -0.05) is 182 Å². The second-order valence-electron chi connectivity index (χ2n) is 11.5. The summed E-state index contributed by atoms with van der Waals surface area (Å²) >= 11 is 0. The summed E-state index contributed by atoms with van der Waals surface area (Å²) in [7, 11) is -8.37. The van der Waals surface area contributed by atoms with Crippen LogP contribution in [-0.2, 0) is 17.2 Å². The van der Waals surface area contributed by atoms with Gasteiger partial charge in [-0.05, 0) is 33.4 Å². The monoisotopic (exact) mass is 686 g/mol. The molecule has 0 aliphatic rings. The molecule has 0 amide bonds. The van der Waals surface area contributed by atoms with Crippen LogP contribution in [0.15, 0.2) is 182 Å². The zero-order valence-electron chi connectivity index (χ0n) is 26.3. The van der Waals surface area contributed by atoms with Crippen molar-refractivity contribution in [2.45, 2.75) is 16.6 Å². The zero-order chi connectivity index (χ0) is 32.2. The summed E-state index contributed by atoms with van der Waals surface area (Å²) in [6.45, 7) is 0. The molecular formula is C39H39O4PSi3. The molecule has 0 aromatic heterocycles. The Balaban J connectivity index is 1.31. The van der Waals surface area contributed by atoms with Crippen molar-refractivity contribution in [1.82, 2.24) is 0 Å². The van der Waals surface area contributed by atoms with Crippen LogP contribution in [0.5, 0.6) is 0 Å². The van der Waals surface area contributed by atoms with Crippen LogP contribution in [-0.4, -0.2) is 29.3 Å². The summed E-state index contributed by atoms with van der Waals surface area (Å²) < 4.78 is 34.6. The highest BCUT2D eigenvalue weighted by molar-refractivity contribution is 7.51. The average molecular weight is 687 g/mol. The Bertz CT molecular complexity index is 1480. The highest BCUT2D eigenvalue weighted by Crippen LogP contribution is 2.51. The van der Waals surface area contributed by atoms with Crippen molar-refractivity contribution in [3.8, 4) is 0 Å². The third-order valence-electron chi connectivity index (χ3n) is 8.41. The van der Waals surface area contributed by atoms with Crippen LogP contribution in [0, 0.1) is 0 Å². The lowest BCUT2D eigenvalue weighted by Crippen LogP contribution is -2.20. The van der Waals surface area contributed by atoms with Gasteiger partial charge >= 0.3 is 7.82 Å². The summed E-state index contributed by atoms with van der Waals surface area (Å²) in [6, 6.07) is 62.0. The molecule has 0 heterocycles. The molecule has 4 nitrogen and oxygen atoms in total. The van der Waals surface area contributed by atoms with Gasteiger partial charge in [-0.15, -0.1) is 0 Å². The number of hydrogen-bond acceptors (Lipinski definition) is 4. The van der Waals surface area contributed by atoms with Crippen molar-refractivity contribution in [2.24, 2.45) is 0 Å². The third-order valence-corrected chi connectivity index (χ3v) is 17.8.